The molecule has 1 aromatic carbocycles. The van der Waals surface area contributed by atoms with Crippen LogP contribution in [0.1, 0.15) is 20.3 Å². The topological polar surface area (TPSA) is 66.4 Å². The molecule has 1 aliphatic rings. The first kappa shape index (κ1) is 16.3. The second-order valence-corrected chi connectivity index (χ2v) is 9.05. The van der Waals surface area contributed by atoms with Crippen molar-refractivity contribution in [1.82, 2.24) is 9.97 Å². The molecule has 0 aliphatic carbocycles. The average molecular weight is 374 g/mol. The fraction of sp³-hybridized carbons (Fsp3) is 0.294. The highest BCUT2D eigenvalue weighted by atomic mass is 32.2. The summed E-state index contributed by atoms with van der Waals surface area (Å²) in [5.74, 6) is 1.04. The zero-order valence-electron chi connectivity index (χ0n) is 14.0. The molecule has 130 valence electrons. The number of sulfonamides is 1. The maximum atomic E-state index is 13.1. The van der Waals surface area contributed by atoms with Gasteiger partial charge < -0.3 is 4.90 Å². The summed E-state index contributed by atoms with van der Waals surface area (Å²) < 4.78 is 27.9. The van der Waals surface area contributed by atoms with E-state index < -0.39 is 10.0 Å². The number of aromatic nitrogens is 2. The zero-order valence-corrected chi connectivity index (χ0v) is 15.6. The summed E-state index contributed by atoms with van der Waals surface area (Å²) in [7, 11) is -3.64. The largest absolute Gasteiger partial charge is 0.332 e. The lowest BCUT2D eigenvalue weighted by Gasteiger charge is -2.25. The predicted octanol–water partition coefficient (Wildman–Crippen LogP) is 3.46. The smallest absolute Gasteiger partial charge is 0.276 e. The van der Waals surface area contributed by atoms with Crippen molar-refractivity contribution in [2.24, 2.45) is 0 Å². The molecule has 8 heteroatoms. The predicted molar refractivity (Wildman–Crippen MR) is 101 cm³/mol. The summed E-state index contributed by atoms with van der Waals surface area (Å²) in [5, 5.41) is 1.77. The molecule has 6 nitrogen and oxygen atoms in total. The van der Waals surface area contributed by atoms with E-state index in [2.05, 4.69) is 18.8 Å². The Morgan fingerprint density at radius 2 is 1.80 bits per heavy atom. The van der Waals surface area contributed by atoms with Gasteiger partial charge in [-0.3, -0.25) is 0 Å². The summed E-state index contributed by atoms with van der Waals surface area (Å²) in [6.45, 7) is 4.39. The Balaban J connectivity index is 1.91. The Labute approximate surface area is 150 Å². The third-order valence-electron chi connectivity index (χ3n) is 4.49. The van der Waals surface area contributed by atoms with Gasteiger partial charge in [-0.1, -0.05) is 25.1 Å². The van der Waals surface area contributed by atoms with Crippen molar-refractivity contribution < 1.29 is 8.42 Å². The monoisotopic (exact) mass is 374 g/mol. The van der Waals surface area contributed by atoms with Gasteiger partial charge in [0.1, 0.15) is 10.9 Å². The molecule has 0 spiro atoms. The third-order valence-corrected chi connectivity index (χ3v) is 7.58. The highest BCUT2D eigenvalue weighted by molar-refractivity contribution is 7.94. The molecule has 0 amide bonds. The first-order valence-corrected chi connectivity index (χ1v) is 10.4. The van der Waals surface area contributed by atoms with Gasteiger partial charge in [-0.2, -0.15) is 0 Å². The molecule has 1 atom stereocenters. The minimum Gasteiger partial charge on any atom is -0.332 e. The van der Waals surface area contributed by atoms with Crippen LogP contribution in [-0.4, -0.2) is 31.1 Å². The molecule has 0 N–H and O–H groups in total. The standard InChI is InChI=1S/C17H18N4O2S2/c1-3-12(2)20-11-21(25(22,23)15-9-6-10-24-15)17-16(20)18-13-7-4-5-8-14(13)19-17/h4-10,12H,3,11H2,1-2H3/t12-/m1/s1. The van der Waals surface area contributed by atoms with Crippen LogP contribution in [0.3, 0.4) is 0 Å². The molecular weight excluding hydrogens is 356 g/mol. The number of nitrogens with zero attached hydrogens (tertiary/aromatic N) is 4. The summed E-state index contributed by atoms with van der Waals surface area (Å²) in [6, 6.07) is 11.1. The van der Waals surface area contributed by atoms with E-state index in [0.717, 1.165) is 11.9 Å². The molecule has 0 bridgehead atoms. The van der Waals surface area contributed by atoms with Crippen molar-refractivity contribution in [1.29, 1.82) is 0 Å². The van der Waals surface area contributed by atoms with E-state index in [4.69, 9.17) is 4.98 Å². The van der Waals surface area contributed by atoms with E-state index in [0.29, 0.717) is 21.4 Å². The second-order valence-electron chi connectivity index (χ2n) is 6.01. The van der Waals surface area contributed by atoms with Crippen molar-refractivity contribution in [3.63, 3.8) is 0 Å². The first-order chi connectivity index (χ1) is 12.0. The van der Waals surface area contributed by atoms with Gasteiger partial charge in [0.2, 0.25) is 0 Å². The molecule has 3 heterocycles. The Bertz CT molecular complexity index is 1020. The van der Waals surface area contributed by atoms with Crippen LogP contribution in [0.2, 0.25) is 0 Å². The van der Waals surface area contributed by atoms with Crippen LogP contribution in [-0.2, 0) is 10.0 Å². The Morgan fingerprint density at radius 1 is 1.12 bits per heavy atom. The Hall–Kier alpha value is -2.19. The van der Waals surface area contributed by atoms with Gasteiger partial charge in [0.15, 0.2) is 11.6 Å². The van der Waals surface area contributed by atoms with Crippen molar-refractivity contribution in [2.45, 2.75) is 30.5 Å². The van der Waals surface area contributed by atoms with Crippen LogP contribution in [0.4, 0.5) is 11.6 Å². The minimum absolute atomic E-state index is 0.165. The summed E-state index contributed by atoms with van der Waals surface area (Å²) in [4.78, 5) is 11.4. The van der Waals surface area contributed by atoms with Gasteiger partial charge in [-0.25, -0.2) is 22.7 Å². The zero-order chi connectivity index (χ0) is 17.6. The highest BCUT2D eigenvalue weighted by Gasteiger charge is 2.39. The highest BCUT2D eigenvalue weighted by Crippen LogP contribution is 2.39. The quantitative estimate of drug-likeness (QED) is 0.700. The van der Waals surface area contributed by atoms with Crippen molar-refractivity contribution in [3.8, 4) is 0 Å². The van der Waals surface area contributed by atoms with E-state index >= 15 is 0 Å². The Kier molecular flexibility index (Phi) is 3.88. The maximum absolute atomic E-state index is 13.1. The third kappa shape index (κ3) is 2.56. The van der Waals surface area contributed by atoms with Crippen LogP contribution < -0.4 is 9.21 Å². The molecule has 2 aromatic heterocycles. The number of benzene rings is 1. The summed E-state index contributed by atoms with van der Waals surface area (Å²) in [5.41, 5.74) is 1.46. The number of fused-ring (bicyclic) bond motifs is 2. The van der Waals surface area contributed by atoms with E-state index in [-0.39, 0.29) is 12.7 Å². The molecule has 0 radical (unpaired) electrons. The lowest BCUT2D eigenvalue weighted by atomic mass is 10.2. The van der Waals surface area contributed by atoms with Crippen molar-refractivity contribution >= 4 is 44.0 Å². The minimum atomic E-state index is -3.64. The van der Waals surface area contributed by atoms with E-state index in [1.54, 1.807) is 17.5 Å². The van der Waals surface area contributed by atoms with Gasteiger partial charge in [-0.05, 0) is 36.9 Å². The molecule has 25 heavy (non-hydrogen) atoms. The Morgan fingerprint density at radius 3 is 2.40 bits per heavy atom. The molecule has 3 aromatic rings. The SMILES string of the molecule is CC[C@@H](C)N1CN(S(=O)(=O)c2cccs2)c2nc3ccccc3nc21. The number of hydrogen-bond donors (Lipinski definition) is 0. The molecular formula is C17H18N4O2S2. The van der Waals surface area contributed by atoms with Gasteiger partial charge >= 0.3 is 0 Å². The van der Waals surface area contributed by atoms with Crippen LogP contribution in [0, 0.1) is 0 Å². The second kappa shape index (κ2) is 5.96. The van der Waals surface area contributed by atoms with Gasteiger partial charge in [-0.15, -0.1) is 11.3 Å². The van der Waals surface area contributed by atoms with Crippen LogP contribution in [0.15, 0.2) is 46.0 Å². The maximum Gasteiger partial charge on any atom is 0.276 e. The fourth-order valence-electron chi connectivity index (χ4n) is 2.89. The molecule has 0 unspecified atom stereocenters. The van der Waals surface area contributed by atoms with E-state index in [1.807, 2.05) is 29.2 Å². The lowest BCUT2D eigenvalue weighted by Crippen LogP contribution is -2.39. The van der Waals surface area contributed by atoms with Gasteiger partial charge in [0.05, 0.1) is 11.0 Å². The number of para-hydroxylation sites is 2. The fourth-order valence-corrected chi connectivity index (χ4v) is 5.36. The molecule has 0 fully saturated rings. The van der Waals surface area contributed by atoms with E-state index in [1.165, 1.54) is 15.6 Å². The average Bonchev–Trinajstić information content (AvgIpc) is 3.27. The first-order valence-electron chi connectivity index (χ1n) is 8.12. The number of anilines is 2. The van der Waals surface area contributed by atoms with Crippen LogP contribution in [0.25, 0.3) is 11.0 Å². The number of hydrogen-bond acceptors (Lipinski definition) is 6. The molecule has 0 saturated heterocycles. The molecule has 1 aliphatic heterocycles. The summed E-state index contributed by atoms with van der Waals surface area (Å²) >= 11 is 1.21. The normalized spacial score (nSPS) is 15.6. The summed E-state index contributed by atoms with van der Waals surface area (Å²) in [6.07, 6.45) is 0.890. The number of rotatable bonds is 4. The molecule has 0 saturated carbocycles. The van der Waals surface area contributed by atoms with E-state index in [9.17, 15) is 8.42 Å². The van der Waals surface area contributed by atoms with Crippen LogP contribution in [0.5, 0.6) is 0 Å². The molecule has 4 rings (SSSR count). The van der Waals surface area contributed by atoms with Gasteiger partial charge in [0, 0.05) is 6.04 Å². The number of thiophene rings is 1. The van der Waals surface area contributed by atoms with Crippen LogP contribution >= 0.6 is 11.3 Å². The lowest BCUT2D eigenvalue weighted by molar-refractivity contribution is 0.586. The van der Waals surface area contributed by atoms with Crippen molar-refractivity contribution in [3.05, 3.63) is 41.8 Å². The van der Waals surface area contributed by atoms with Crippen molar-refractivity contribution in [2.75, 3.05) is 15.9 Å². The van der Waals surface area contributed by atoms with Gasteiger partial charge in [0.25, 0.3) is 10.0 Å².